The van der Waals surface area contributed by atoms with Crippen molar-refractivity contribution in [2.45, 2.75) is 6.42 Å². The highest BCUT2D eigenvalue weighted by molar-refractivity contribution is 5.37. The van der Waals surface area contributed by atoms with E-state index in [0.29, 0.717) is 5.92 Å². The van der Waals surface area contributed by atoms with Crippen molar-refractivity contribution in [3.05, 3.63) is 18.6 Å². The monoisotopic (exact) mass is 193 g/mol. The van der Waals surface area contributed by atoms with Crippen molar-refractivity contribution >= 4 is 5.82 Å². The first-order chi connectivity index (χ1) is 6.90. The number of aromatic nitrogens is 2. The zero-order valence-corrected chi connectivity index (χ0v) is 8.39. The van der Waals surface area contributed by atoms with Gasteiger partial charge in [0.05, 0.1) is 6.61 Å². The summed E-state index contributed by atoms with van der Waals surface area (Å²) >= 11 is 0. The van der Waals surface area contributed by atoms with Crippen molar-refractivity contribution in [1.29, 1.82) is 0 Å². The molecular weight excluding hydrogens is 178 g/mol. The third-order valence-corrected chi connectivity index (χ3v) is 2.58. The Morgan fingerprint density at radius 3 is 3.29 bits per heavy atom. The van der Waals surface area contributed by atoms with Gasteiger partial charge in [0.1, 0.15) is 12.1 Å². The summed E-state index contributed by atoms with van der Waals surface area (Å²) in [4.78, 5) is 10.4. The van der Waals surface area contributed by atoms with Crippen molar-refractivity contribution in [3.63, 3.8) is 0 Å². The van der Waals surface area contributed by atoms with Crippen molar-refractivity contribution < 1.29 is 4.74 Å². The van der Waals surface area contributed by atoms with E-state index in [-0.39, 0.29) is 0 Å². The summed E-state index contributed by atoms with van der Waals surface area (Å²) in [6.07, 6.45) is 4.57. The van der Waals surface area contributed by atoms with E-state index in [0.717, 1.165) is 25.5 Å². The number of hydrogen-bond donors (Lipinski definition) is 0. The molecule has 2 rings (SSSR count). The molecule has 1 aliphatic rings. The summed E-state index contributed by atoms with van der Waals surface area (Å²) in [5, 5.41) is 0. The van der Waals surface area contributed by atoms with Crippen LogP contribution in [-0.4, -0.2) is 36.8 Å². The minimum atomic E-state index is 0.648. The number of anilines is 1. The molecule has 0 spiro atoms. The summed E-state index contributed by atoms with van der Waals surface area (Å²) in [6, 6.07) is 1.95. The van der Waals surface area contributed by atoms with Gasteiger partial charge in [-0.2, -0.15) is 0 Å². The normalized spacial score (nSPS) is 21.5. The van der Waals surface area contributed by atoms with Gasteiger partial charge in [-0.25, -0.2) is 9.97 Å². The minimum Gasteiger partial charge on any atom is -0.384 e. The zero-order chi connectivity index (χ0) is 9.80. The molecule has 4 nitrogen and oxygen atoms in total. The van der Waals surface area contributed by atoms with Crippen molar-refractivity contribution in [1.82, 2.24) is 9.97 Å². The Labute approximate surface area is 83.9 Å². The zero-order valence-electron chi connectivity index (χ0n) is 8.39. The molecule has 14 heavy (non-hydrogen) atoms. The van der Waals surface area contributed by atoms with Crippen LogP contribution < -0.4 is 4.90 Å². The molecule has 0 aromatic carbocycles. The average Bonchev–Trinajstić information content (AvgIpc) is 2.68. The molecule has 0 saturated carbocycles. The molecule has 1 unspecified atom stereocenters. The molecule has 1 atom stereocenters. The predicted molar refractivity (Wildman–Crippen MR) is 54.2 cm³/mol. The van der Waals surface area contributed by atoms with E-state index in [9.17, 15) is 0 Å². The first-order valence-corrected chi connectivity index (χ1v) is 4.90. The second-order valence-electron chi connectivity index (χ2n) is 3.62. The van der Waals surface area contributed by atoms with Crippen LogP contribution in [0.5, 0.6) is 0 Å². The van der Waals surface area contributed by atoms with Crippen LogP contribution >= 0.6 is 0 Å². The average molecular weight is 193 g/mol. The van der Waals surface area contributed by atoms with Crippen LogP contribution in [-0.2, 0) is 4.74 Å². The van der Waals surface area contributed by atoms with Crippen LogP contribution in [0.2, 0.25) is 0 Å². The molecule has 0 radical (unpaired) electrons. The highest BCUT2D eigenvalue weighted by Crippen LogP contribution is 2.21. The lowest BCUT2D eigenvalue weighted by atomic mass is 10.1. The fourth-order valence-electron chi connectivity index (χ4n) is 1.88. The van der Waals surface area contributed by atoms with Gasteiger partial charge >= 0.3 is 0 Å². The summed E-state index contributed by atoms with van der Waals surface area (Å²) in [7, 11) is 1.76. The topological polar surface area (TPSA) is 38.2 Å². The first kappa shape index (κ1) is 9.40. The lowest BCUT2D eigenvalue weighted by molar-refractivity contribution is 0.161. The van der Waals surface area contributed by atoms with E-state index < -0.39 is 0 Å². The van der Waals surface area contributed by atoms with E-state index >= 15 is 0 Å². The molecule has 0 bridgehead atoms. The number of hydrogen-bond acceptors (Lipinski definition) is 4. The Balaban J connectivity index is 1.96. The molecule has 0 N–H and O–H groups in total. The van der Waals surface area contributed by atoms with E-state index in [2.05, 4.69) is 14.9 Å². The Morgan fingerprint density at radius 1 is 1.64 bits per heavy atom. The Morgan fingerprint density at radius 2 is 2.57 bits per heavy atom. The fourth-order valence-corrected chi connectivity index (χ4v) is 1.88. The molecule has 1 aliphatic heterocycles. The molecule has 1 aromatic heterocycles. The van der Waals surface area contributed by atoms with E-state index in [1.54, 1.807) is 19.6 Å². The SMILES string of the molecule is COCC1CCN(c2ccncn2)C1. The van der Waals surface area contributed by atoms with Gasteiger partial charge in [-0.3, -0.25) is 0 Å². The smallest absolute Gasteiger partial charge is 0.131 e. The van der Waals surface area contributed by atoms with Crippen LogP contribution in [0, 0.1) is 5.92 Å². The van der Waals surface area contributed by atoms with E-state index in [4.69, 9.17) is 4.74 Å². The largest absolute Gasteiger partial charge is 0.384 e. The second-order valence-corrected chi connectivity index (χ2v) is 3.62. The van der Waals surface area contributed by atoms with Gasteiger partial charge in [0.2, 0.25) is 0 Å². The van der Waals surface area contributed by atoms with Crippen LogP contribution in [0.15, 0.2) is 18.6 Å². The number of nitrogens with zero attached hydrogens (tertiary/aromatic N) is 3. The molecule has 0 aliphatic carbocycles. The van der Waals surface area contributed by atoms with E-state index in [1.807, 2.05) is 6.07 Å². The molecular formula is C10H15N3O. The van der Waals surface area contributed by atoms with Crippen LogP contribution in [0.1, 0.15) is 6.42 Å². The highest BCUT2D eigenvalue weighted by atomic mass is 16.5. The summed E-state index contributed by atoms with van der Waals surface area (Å²) in [6.45, 7) is 2.97. The summed E-state index contributed by atoms with van der Waals surface area (Å²) in [5.41, 5.74) is 0. The van der Waals surface area contributed by atoms with E-state index in [1.165, 1.54) is 6.42 Å². The maximum Gasteiger partial charge on any atom is 0.131 e. The third-order valence-electron chi connectivity index (χ3n) is 2.58. The van der Waals surface area contributed by atoms with Crippen molar-refractivity contribution in [2.75, 3.05) is 31.7 Å². The van der Waals surface area contributed by atoms with Gasteiger partial charge < -0.3 is 9.64 Å². The quantitative estimate of drug-likeness (QED) is 0.716. The third kappa shape index (κ3) is 2.01. The number of methoxy groups -OCH3 is 1. The summed E-state index contributed by atoms with van der Waals surface area (Å²) < 4.78 is 5.15. The molecule has 76 valence electrons. The van der Waals surface area contributed by atoms with Crippen molar-refractivity contribution in [2.24, 2.45) is 5.92 Å². The van der Waals surface area contributed by atoms with Gasteiger partial charge in [0.15, 0.2) is 0 Å². The molecule has 1 fully saturated rings. The fraction of sp³-hybridized carbons (Fsp3) is 0.600. The van der Waals surface area contributed by atoms with Crippen LogP contribution in [0.3, 0.4) is 0 Å². The molecule has 1 aromatic rings. The van der Waals surface area contributed by atoms with Gasteiger partial charge in [0, 0.05) is 32.3 Å². The Kier molecular flexibility index (Phi) is 2.93. The summed E-state index contributed by atoms with van der Waals surface area (Å²) in [5.74, 6) is 1.67. The maximum absolute atomic E-state index is 5.15. The Bertz CT molecular complexity index is 278. The first-order valence-electron chi connectivity index (χ1n) is 4.90. The molecule has 1 saturated heterocycles. The molecule has 2 heterocycles. The predicted octanol–water partition coefficient (Wildman–Crippen LogP) is 0.949. The Hall–Kier alpha value is -1.16. The highest BCUT2D eigenvalue weighted by Gasteiger charge is 2.22. The second kappa shape index (κ2) is 4.37. The van der Waals surface area contributed by atoms with Gasteiger partial charge in [-0.05, 0) is 12.5 Å². The minimum absolute atomic E-state index is 0.648. The molecule has 0 amide bonds. The van der Waals surface area contributed by atoms with Gasteiger partial charge in [-0.15, -0.1) is 0 Å². The standard InChI is InChI=1S/C10H15N3O/c1-14-7-9-3-5-13(6-9)10-2-4-11-8-12-10/h2,4,8-9H,3,5-7H2,1H3. The van der Waals surface area contributed by atoms with Crippen molar-refractivity contribution in [3.8, 4) is 0 Å². The maximum atomic E-state index is 5.15. The van der Waals surface area contributed by atoms with Crippen LogP contribution in [0.25, 0.3) is 0 Å². The number of ether oxygens (including phenoxy) is 1. The lowest BCUT2D eigenvalue weighted by Crippen LogP contribution is -2.21. The van der Waals surface area contributed by atoms with Crippen LogP contribution in [0.4, 0.5) is 5.82 Å². The lowest BCUT2D eigenvalue weighted by Gasteiger charge is -2.16. The molecule has 4 heteroatoms. The van der Waals surface area contributed by atoms with Gasteiger partial charge in [0.25, 0.3) is 0 Å². The number of rotatable bonds is 3. The van der Waals surface area contributed by atoms with Gasteiger partial charge in [-0.1, -0.05) is 0 Å².